The average molecular weight is 382 g/mol. The Labute approximate surface area is 162 Å². The van der Waals surface area contributed by atoms with E-state index < -0.39 is 4.92 Å². The van der Waals surface area contributed by atoms with Crippen LogP contribution >= 0.6 is 0 Å². The van der Waals surface area contributed by atoms with E-state index in [0.717, 1.165) is 44.0 Å². The highest BCUT2D eigenvalue weighted by molar-refractivity contribution is 5.76. The van der Waals surface area contributed by atoms with Crippen LogP contribution in [-0.4, -0.2) is 58.0 Å². The second-order valence-corrected chi connectivity index (χ2v) is 7.17. The summed E-state index contributed by atoms with van der Waals surface area (Å²) in [6, 6.07) is 8.45. The van der Waals surface area contributed by atoms with Gasteiger partial charge in [0.15, 0.2) is 5.82 Å². The van der Waals surface area contributed by atoms with Gasteiger partial charge in [0.2, 0.25) is 0 Å². The van der Waals surface area contributed by atoms with Gasteiger partial charge in [0.25, 0.3) is 5.69 Å². The first-order chi connectivity index (χ1) is 13.5. The first-order valence-electron chi connectivity index (χ1n) is 9.41. The number of nitro benzene ring substituents is 1. The standard InChI is InChI=1S/C19H22N6O3/c1-13-10-17(22-18(21-13)14-4-2-5-15(11-14)25(27)28)23-8-3-6-16(12-23)24-9-7-20-19(24)26/h2,4-5,10-11,16H,3,6-9,12H2,1H3,(H,20,26). The fourth-order valence-corrected chi connectivity index (χ4v) is 3.85. The zero-order valence-corrected chi connectivity index (χ0v) is 15.7. The highest BCUT2D eigenvalue weighted by Gasteiger charge is 2.31. The molecule has 0 bridgehead atoms. The Morgan fingerprint density at radius 2 is 2.11 bits per heavy atom. The molecule has 0 radical (unpaired) electrons. The molecule has 3 heterocycles. The van der Waals surface area contributed by atoms with Gasteiger partial charge in [0.1, 0.15) is 5.82 Å². The fraction of sp³-hybridized carbons (Fsp3) is 0.421. The first-order valence-corrected chi connectivity index (χ1v) is 9.41. The van der Waals surface area contributed by atoms with Gasteiger partial charge >= 0.3 is 6.03 Å². The number of nitrogens with zero attached hydrogens (tertiary/aromatic N) is 5. The number of urea groups is 1. The summed E-state index contributed by atoms with van der Waals surface area (Å²) in [5.41, 5.74) is 1.43. The number of carbonyl (C=O) groups excluding carboxylic acids is 1. The van der Waals surface area contributed by atoms with Crippen LogP contribution in [0.1, 0.15) is 18.5 Å². The number of non-ortho nitro benzene ring substituents is 1. The lowest BCUT2D eigenvalue weighted by Crippen LogP contribution is -2.49. The molecule has 2 saturated heterocycles. The molecule has 146 valence electrons. The average Bonchev–Trinajstić information content (AvgIpc) is 3.13. The molecule has 2 amide bonds. The van der Waals surface area contributed by atoms with Crippen LogP contribution in [0.5, 0.6) is 0 Å². The molecule has 0 aliphatic carbocycles. The molecule has 2 aliphatic rings. The Bertz CT molecular complexity index is 918. The van der Waals surface area contributed by atoms with E-state index in [4.69, 9.17) is 0 Å². The van der Waals surface area contributed by atoms with Crippen LogP contribution in [0.2, 0.25) is 0 Å². The quantitative estimate of drug-likeness (QED) is 0.643. The van der Waals surface area contributed by atoms with Gasteiger partial charge in [-0.3, -0.25) is 10.1 Å². The zero-order valence-electron chi connectivity index (χ0n) is 15.7. The lowest BCUT2D eigenvalue weighted by molar-refractivity contribution is -0.384. The minimum atomic E-state index is -0.420. The molecule has 1 N–H and O–H groups in total. The van der Waals surface area contributed by atoms with Crippen molar-refractivity contribution in [3.63, 3.8) is 0 Å². The van der Waals surface area contributed by atoms with Crippen LogP contribution in [0.4, 0.5) is 16.3 Å². The van der Waals surface area contributed by atoms with Crippen LogP contribution in [0.3, 0.4) is 0 Å². The van der Waals surface area contributed by atoms with Gasteiger partial charge in [0.05, 0.1) is 11.0 Å². The lowest BCUT2D eigenvalue weighted by Gasteiger charge is -2.37. The molecule has 9 heteroatoms. The van der Waals surface area contributed by atoms with Gasteiger partial charge in [-0.2, -0.15) is 0 Å². The summed E-state index contributed by atoms with van der Waals surface area (Å²) in [5.74, 6) is 1.26. The number of aryl methyl sites for hydroxylation is 1. The molecular weight excluding hydrogens is 360 g/mol. The van der Waals surface area contributed by atoms with Crippen molar-refractivity contribution in [3.05, 3.63) is 46.1 Å². The number of anilines is 1. The van der Waals surface area contributed by atoms with Crippen molar-refractivity contribution < 1.29 is 9.72 Å². The maximum atomic E-state index is 12.0. The molecule has 0 spiro atoms. The fourth-order valence-electron chi connectivity index (χ4n) is 3.85. The van der Waals surface area contributed by atoms with Crippen LogP contribution in [-0.2, 0) is 0 Å². The molecule has 9 nitrogen and oxygen atoms in total. The van der Waals surface area contributed by atoms with Gasteiger partial charge < -0.3 is 15.1 Å². The number of hydrogen-bond donors (Lipinski definition) is 1. The van der Waals surface area contributed by atoms with Crippen molar-refractivity contribution in [2.24, 2.45) is 0 Å². The van der Waals surface area contributed by atoms with Gasteiger partial charge in [-0.05, 0) is 19.8 Å². The van der Waals surface area contributed by atoms with Gasteiger partial charge in [0, 0.05) is 55.6 Å². The molecule has 1 aromatic carbocycles. The number of hydrogen-bond acceptors (Lipinski definition) is 6. The van der Waals surface area contributed by atoms with E-state index in [9.17, 15) is 14.9 Å². The molecule has 1 unspecified atom stereocenters. The monoisotopic (exact) mass is 382 g/mol. The summed E-state index contributed by atoms with van der Waals surface area (Å²) in [7, 11) is 0. The smallest absolute Gasteiger partial charge is 0.317 e. The number of benzene rings is 1. The summed E-state index contributed by atoms with van der Waals surface area (Å²) in [6.07, 6.45) is 1.95. The normalized spacial score (nSPS) is 19.6. The van der Waals surface area contributed by atoms with Crippen LogP contribution in [0.25, 0.3) is 11.4 Å². The molecule has 2 aromatic rings. The van der Waals surface area contributed by atoms with Crippen molar-refractivity contribution in [2.75, 3.05) is 31.1 Å². The zero-order chi connectivity index (χ0) is 19.7. The summed E-state index contributed by atoms with van der Waals surface area (Å²) in [4.78, 5) is 35.9. The molecule has 28 heavy (non-hydrogen) atoms. The Morgan fingerprint density at radius 3 is 2.86 bits per heavy atom. The van der Waals surface area contributed by atoms with Crippen molar-refractivity contribution in [1.29, 1.82) is 0 Å². The maximum Gasteiger partial charge on any atom is 0.317 e. The first kappa shape index (κ1) is 18.1. The number of piperidine rings is 1. The summed E-state index contributed by atoms with van der Waals surface area (Å²) in [5, 5.41) is 13.9. The van der Waals surface area contributed by atoms with Crippen LogP contribution in [0, 0.1) is 17.0 Å². The molecule has 4 rings (SSSR count). The van der Waals surface area contributed by atoms with Crippen molar-refractivity contribution in [2.45, 2.75) is 25.8 Å². The Morgan fingerprint density at radius 1 is 1.25 bits per heavy atom. The lowest BCUT2D eigenvalue weighted by atomic mass is 10.0. The van der Waals surface area contributed by atoms with Crippen LogP contribution in [0.15, 0.2) is 30.3 Å². The van der Waals surface area contributed by atoms with E-state index in [1.807, 2.05) is 17.9 Å². The summed E-state index contributed by atoms with van der Waals surface area (Å²) in [6.45, 7) is 4.90. The van der Waals surface area contributed by atoms with Gasteiger partial charge in [-0.25, -0.2) is 14.8 Å². The Hall–Kier alpha value is -3.23. The maximum absolute atomic E-state index is 12.0. The number of carbonyl (C=O) groups is 1. The number of rotatable bonds is 4. The van der Waals surface area contributed by atoms with E-state index >= 15 is 0 Å². The molecule has 1 aromatic heterocycles. The number of aromatic nitrogens is 2. The third kappa shape index (κ3) is 3.60. The highest BCUT2D eigenvalue weighted by Crippen LogP contribution is 2.26. The minimum Gasteiger partial charge on any atom is -0.354 e. The van der Waals surface area contributed by atoms with E-state index in [0.29, 0.717) is 17.9 Å². The summed E-state index contributed by atoms with van der Waals surface area (Å²) < 4.78 is 0. The molecule has 2 fully saturated rings. The third-order valence-electron chi connectivity index (χ3n) is 5.21. The Balaban J connectivity index is 1.61. The topological polar surface area (TPSA) is 104 Å². The van der Waals surface area contributed by atoms with E-state index in [-0.39, 0.29) is 17.8 Å². The number of amides is 2. The minimum absolute atomic E-state index is 0.00278. The highest BCUT2D eigenvalue weighted by atomic mass is 16.6. The predicted octanol–water partition coefficient (Wildman–Crippen LogP) is 2.35. The van der Waals surface area contributed by atoms with Crippen molar-refractivity contribution in [1.82, 2.24) is 20.2 Å². The van der Waals surface area contributed by atoms with E-state index in [1.54, 1.807) is 12.1 Å². The molecule has 1 atom stereocenters. The van der Waals surface area contributed by atoms with Crippen LogP contribution < -0.4 is 10.2 Å². The van der Waals surface area contributed by atoms with Crippen molar-refractivity contribution in [3.8, 4) is 11.4 Å². The van der Waals surface area contributed by atoms with E-state index in [1.165, 1.54) is 12.1 Å². The molecule has 0 saturated carbocycles. The Kier molecular flexibility index (Phi) is 4.81. The summed E-state index contributed by atoms with van der Waals surface area (Å²) >= 11 is 0. The van der Waals surface area contributed by atoms with E-state index in [2.05, 4.69) is 20.2 Å². The number of nitro groups is 1. The largest absolute Gasteiger partial charge is 0.354 e. The second-order valence-electron chi connectivity index (χ2n) is 7.17. The van der Waals surface area contributed by atoms with Crippen molar-refractivity contribution >= 4 is 17.5 Å². The SMILES string of the molecule is Cc1cc(N2CCCC(N3CCNC3=O)C2)nc(-c2cccc([N+](=O)[O-])c2)n1. The third-order valence-corrected chi connectivity index (χ3v) is 5.21. The molecule has 2 aliphatic heterocycles. The number of nitrogens with one attached hydrogen (secondary N) is 1. The van der Waals surface area contributed by atoms with Gasteiger partial charge in [-0.1, -0.05) is 12.1 Å². The van der Waals surface area contributed by atoms with Gasteiger partial charge in [-0.15, -0.1) is 0 Å². The predicted molar refractivity (Wildman–Crippen MR) is 104 cm³/mol. The molecular formula is C19H22N6O3. The second kappa shape index (κ2) is 7.41.